The molecule has 0 saturated carbocycles. The molecule has 0 spiro atoms. The Morgan fingerprint density at radius 1 is 0.659 bits per heavy atom. The molecule has 0 N–H and O–H groups in total. The van der Waals surface area contributed by atoms with Gasteiger partial charge in [-0.1, -0.05) is 79.7 Å². The number of carbonyl (C=O) groups excluding carboxylic acids is 1. The molecule has 1 aliphatic rings. The van der Waals surface area contributed by atoms with E-state index in [9.17, 15) is 4.79 Å². The molecule has 0 saturated heterocycles. The van der Waals surface area contributed by atoms with Gasteiger partial charge in [-0.25, -0.2) is 0 Å². The molecule has 4 aromatic rings. The van der Waals surface area contributed by atoms with E-state index in [1.54, 1.807) is 7.11 Å². The molecule has 41 heavy (non-hydrogen) atoms. The Bertz CT molecular complexity index is 1430. The van der Waals surface area contributed by atoms with Crippen LogP contribution in [0.4, 0.5) is 0 Å². The minimum Gasteiger partial charge on any atom is -0.491 e. The summed E-state index contributed by atoms with van der Waals surface area (Å²) in [6, 6.07) is 34.0. The van der Waals surface area contributed by atoms with Crippen LogP contribution in [0.5, 0.6) is 11.5 Å². The highest BCUT2D eigenvalue weighted by Crippen LogP contribution is 2.56. The predicted octanol–water partition coefficient (Wildman–Crippen LogP) is 7.43. The fraction of sp³-hybridized carbons (Fsp3) is 0.306. The summed E-state index contributed by atoms with van der Waals surface area (Å²) < 4.78 is 22.4. The molecule has 0 atom stereocenters. The van der Waals surface area contributed by atoms with Crippen LogP contribution in [-0.4, -0.2) is 39.5 Å². The van der Waals surface area contributed by atoms with Gasteiger partial charge in [-0.3, -0.25) is 4.79 Å². The number of methoxy groups -OCH3 is 1. The number of ether oxygens (including phenoxy) is 4. The van der Waals surface area contributed by atoms with Gasteiger partial charge in [0, 0.05) is 7.11 Å². The van der Waals surface area contributed by atoms with E-state index in [2.05, 4.69) is 72.8 Å². The van der Waals surface area contributed by atoms with E-state index in [4.69, 9.17) is 18.9 Å². The fourth-order valence-corrected chi connectivity index (χ4v) is 5.50. The predicted molar refractivity (Wildman–Crippen MR) is 162 cm³/mol. The van der Waals surface area contributed by atoms with Crippen LogP contribution in [0.3, 0.4) is 0 Å². The Balaban J connectivity index is 1.47. The quantitative estimate of drug-likeness (QED) is 0.119. The van der Waals surface area contributed by atoms with Crippen LogP contribution in [0, 0.1) is 5.41 Å². The molecule has 0 aliphatic heterocycles. The SMILES string of the molecule is CCC(C)(C)C(=O)OCCOc1ccc(C2(c3ccc(OCCOC)cc3)c3ccccc3-c3ccccc32)cc1. The third-order valence-electron chi connectivity index (χ3n) is 8.10. The van der Waals surface area contributed by atoms with Gasteiger partial charge in [-0.05, 0) is 77.9 Å². The third kappa shape index (κ3) is 5.47. The molecule has 0 unspecified atom stereocenters. The van der Waals surface area contributed by atoms with Crippen molar-refractivity contribution in [1.29, 1.82) is 0 Å². The molecule has 212 valence electrons. The number of fused-ring (bicyclic) bond motifs is 3. The summed E-state index contributed by atoms with van der Waals surface area (Å²) in [6.45, 7) is 7.33. The van der Waals surface area contributed by atoms with Crippen molar-refractivity contribution in [2.75, 3.05) is 33.5 Å². The van der Waals surface area contributed by atoms with Gasteiger partial charge in [0.15, 0.2) is 0 Å². The van der Waals surface area contributed by atoms with E-state index in [1.807, 2.05) is 45.0 Å². The second-order valence-electron chi connectivity index (χ2n) is 11.0. The van der Waals surface area contributed by atoms with Crippen LogP contribution in [0.25, 0.3) is 11.1 Å². The number of carbonyl (C=O) groups is 1. The third-order valence-corrected chi connectivity index (χ3v) is 8.10. The molecule has 1 aliphatic carbocycles. The van der Waals surface area contributed by atoms with Crippen molar-refractivity contribution in [2.24, 2.45) is 5.41 Å². The van der Waals surface area contributed by atoms with Crippen LogP contribution < -0.4 is 9.47 Å². The number of benzene rings is 4. The lowest BCUT2D eigenvalue weighted by Gasteiger charge is -2.34. The molecule has 4 aromatic carbocycles. The molecule has 0 aromatic heterocycles. The number of rotatable bonds is 12. The molecule has 0 fully saturated rings. The first-order chi connectivity index (χ1) is 19.9. The zero-order valence-electron chi connectivity index (χ0n) is 24.3. The highest BCUT2D eigenvalue weighted by atomic mass is 16.6. The first-order valence-corrected chi connectivity index (χ1v) is 14.2. The lowest BCUT2D eigenvalue weighted by atomic mass is 9.68. The summed E-state index contributed by atoms with van der Waals surface area (Å²) in [7, 11) is 1.67. The van der Waals surface area contributed by atoms with Crippen molar-refractivity contribution < 1.29 is 23.7 Å². The van der Waals surface area contributed by atoms with E-state index in [0.717, 1.165) is 29.0 Å². The van der Waals surface area contributed by atoms with Crippen molar-refractivity contribution in [2.45, 2.75) is 32.6 Å². The van der Waals surface area contributed by atoms with Crippen LogP contribution in [0.2, 0.25) is 0 Å². The van der Waals surface area contributed by atoms with E-state index in [1.165, 1.54) is 22.3 Å². The van der Waals surface area contributed by atoms with Crippen LogP contribution in [-0.2, 0) is 19.7 Å². The molecule has 5 nitrogen and oxygen atoms in total. The number of hydrogen-bond acceptors (Lipinski definition) is 5. The Morgan fingerprint density at radius 2 is 1.12 bits per heavy atom. The van der Waals surface area contributed by atoms with Gasteiger partial charge in [-0.2, -0.15) is 0 Å². The maximum absolute atomic E-state index is 12.3. The van der Waals surface area contributed by atoms with Crippen molar-refractivity contribution in [3.05, 3.63) is 119 Å². The second kappa shape index (κ2) is 12.2. The maximum Gasteiger partial charge on any atom is 0.311 e. The van der Waals surface area contributed by atoms with E-state index in [-0.39, 0.29) is 12.6 Å². The zero-order chi connectivity index (χ0) is 28.9. The Morgan fingerprint density at radius 3 is 1.59 bits per heavy atom. The van der Waals surface area contributed by atoms with Gasteiger partial charge in [0.2, 0.25) is 0 Å². The summed E-state index contributed by atoms with van der Waals surface area (Å²) in [5.41, 5.74) is 6.28. The highest BCUT2D eigenvalue weighted by Gasteiger charge is 2.45. The van der Waals surface area contributed by atoms with Crippen molar-refractivity contribution in [3.8, 4) is 22.6 Å². The van der Waals surface area contributed by atoms with E-state index < -0.39 is 10.8 Å². The first-order valence-electron chi connectivity index (χ1n) is 14.2. The van der Waals surface area contributed by atoms with Crippen molar-refractivity contribution in [3.63, 3.8) is 0 Å². The maximum atomic E-state index is 12.3. The van der Waals surface area contributed by atoms with Crippen molar-refractivity contribution >= 4 is 5.97 Å². The van der Waals surface area contributed by atoms with Gasteiger partial charge in [0.1, 0.15) is 31.3 Å². The average molecular weight is 551 g/mol. The lowest BCUT2D eigenvalue weighted by molar-refractivity contribution is -0.154. The summed E-state index contributed by atoms with van der Waals surface area (Å²) in [5.74, 6) is 1.35. The van der Waals surface area contributed by atoms with Gasteiger partial charge in [0.25, 0.3) is 0 Å². The molecule has 0 amide bonds. The average Bonchev–Trinajstić information content (AvgIpc) is 3.31. The van der Waals surface area contributed by atoms with Gasteiger partial charge >= 0.3 is 5.97 Å². The van der Waals surface area contributed by atoms with E-state index in [0.29, 0.717) is 19.8 Å². The Hall–Kier alpha value is -4.09. The standard InChI is InChI=1S/C36H38O5/c1-5-35(2,3)34(37)41-25-24-40-29-20-16-27(17-21-29)36(26-14-18-28(19-15-26)39-23-22-38-4)32-12-8-6-10-30(32)31-11-7-9-13-33(31)36/h6-21H,5,22-25H2,1-4H3. The number of esters is 1. The smallest absolute Gasteiger partial charge is 0.311 e. The molecule has 0 radical (unpaired) electrons. The number of hydrogen-bond donors (Lipinski definition) is 0. The minimum atomic E-state index is -0.502. The summed E-state index contributed by atoms with van der Waals surface area (Å²) >= 11 is 0. The monoisotopic (exact) mass is 550 g/mol. The minimum absolute atomic E-state index is 0.199. The summed E-state index contributed by atoms with van der Waals surface area (Å²) in [4.78, 5) is 12.3. The van der Waals surface area contributed by atoms with Crippen LogP contribution in [0.15, 0.2) is 97.1 Å². The van der Waals surface area contributed by atoms with Crippen LogP contribution in [0.1, 0.15) is 49.4 Å². The van der Waals surface area contributed by atoms with Gasteiger partial charge in [-0.15, -0.1) is 0 Å². The Kier molecular flexibility index (Phi) is 8.46. The van der Waals surface area contributed by atoms with Gasteiger partial charge in [0.05, 0.1) is 17.4 Å². The van der Waals surface area contributed by atoms with Gasteiger partial charge < -0.3 is 18.9 Å². The molecular weight excluding hydrogens is 512 g/mol. The molecule has 5 heteroatoms. The lowest BCUT2D eigenvalue weighted by Crippen LogP contribution is -2.28. The topological polar surface area (TPSA) is 54.0 Å². The second-order valence-corrected chi connectivity index (χ2v) is 11.0. The largest absolute Gasteiger partial charge is 0.491 e. The first kappa shape index (κ1) is 28.4. The van der Waals surface area contributed by atoms with E-state index >= 15 is 0 Å². The molecule has 5 rings (SSSR count). The Labute approximate surface area is 243 Å². The zero-order valence-corrected chi connectivity index (χ0v) is 24.3. The summed E-state index contributed by atoms with van der Waals surface area (Å²) in [6.07, 6.45) is 0.728. The highest BCUT2D eigenvalue weighted by molar-refractivity contribution is 5.86. The molecule has 0 heterocycles. The molecular formula is C36H38O5. The normalized spacial score (nSPS) is 13.3. The van der Waals surface area contributed by atoms with Crippen LogP contribution >= 0.6 is 0 Å². The fourth-order valence-electron chi connectivity index (χ4n) is 5.50. The summed E-state index contributed by atoms with van der Waals surface area (Å²) in [5, 5.41) is 0. The molecule has 0 bridgehead atoms. The van der Waals surface area contributed by atoms with Crippen molar-refractivity contribution in [1.82, 2.24) is 0 Å².